The second kappa shape index (κ2) is 8.43. The van der Waals surface area contributed by atoms with Crippen molar-refractivity contribution in [2.75, 3.05) is 0 Å². The third-order valence-corrected chi connectivity index (χ3v) is 5.10. The molecule has 0 bridgehead atoms. The van der Waals surface area contributed by atoms with E-state index in [-0.39, 0.29) is 5.69 Å². The van der Waals surface area contributed by atoms with Gasteiger partial charge in [0.15, 0.2) is 5.69 Å². The first-order chi connectivity index (χ1) is 14.5. The molecule has 0 aliphatic rings. The minimum Gasteiger partial charge on any atom is -0.489 e. The zero-order chi connectivity index (χ0) is 21.1. The van der Waals surface area contributed by atoms with Crippen molar-refractivity contribution >= 4 is 17.6 Å². The summed E-state index contributed by atoms with van der Waals surface area (Å²) in [6.07, 6.45) is 0. The molecular weight excluding hydrogens is 400 g/mol. The molecule has 30 heavy (non-hydrogen) atoms. The van der Waals surface area contributed by atoms with Gasteiger partial charge in [0.1, 0.15) is 12.4 Å². The zero-order valence-corrected chi connectivity index (χ0v) is 17.0. The van der Waals surface area contributed by atoms with Crippen LogP contribution in [0.4, 0.5) is 0 Å². The molecule has 1 N–H and O–H groups in total. The van der Waals surface area contributed by atoms with E-state index in [0.29, 0.717) is 28.6 Å². The van der Waals surface area contributed by atoms with E-state index in [4.69, 9.17) is 16.3 Å². The number of para-hydroxylation sites is 1. The van der Waals surface area contributed by atoms with Crippen molar-refractivity contribution in [1.82, 2.24) is 9.78 Å². The van der Waals surface area contributed by atoms with Crippen molar-refractivity contribution in [3.8, 4) is 22.7 Å². The molecule has 0 radical (unpaired) electrons. The third kappa shape index (κ3) is 3.93. The summed E-state index contributed by atoms with van der Waals surface area (Å²) in [5.41, 5.74) is 3.76. The van der Waals surface area contributed by atoms with E-state index >= 15 is 0 Å². The lowest BCUT2D eigenvalue weighted by Crippen LogP contribution is -2.03. The molecule has 4 aromatic rings. The molecule has 0 saturated carbocycles. The Morgan fingerprint density at radius 1 is 1.00 bits per heavy atom. The highest BCUT2D eigenvalue weighted by atomic mass is 35.5. The summed E-state index contributed by atoms with van der Waals surface area (Å²) in [5, 5.41) is 14.4. The Bertz CT molecular complexity index is 1190. The normalized spacial score (nSPS) is 10.7. The van der Waals surface area contributed by atoms with Crippen molar-refractivity contribution in [3.63, 3.8) is 0 Å². The Morgan fingerprint density at radius 3 is 2.33 bits per heavy atom. The number of carbonyl (C=O) groups is 1. The molecular formula is C24H19ClN2O3. The predicted octanol–water partition coefficient (Wildman–Crippen LogP) is 5.78. The van der Waals surface area contributed by atoms with Crippen LogP contribution in [0.3, 0.4) is 0 Å². The second-order valence-corrected chi connectivity index (χ2v) is 7.20. The Hall–Kier alpha value is -3.57. The summed E-state index contributed by atoms with van der Waals surface area (Å²) in [5.74, 6) is -0.357. The smallest absolute Gasteiger partial charge is 0.356 e. The first-order valence-corrected chi connectivity index (χ1v) is 9.77. The van der Waals surface area contributed by atoms with E-state index < -0.39 is 5.97 Å². The molecule has 0 amide bonds. The standard InChI is InChI=1S/C24H19ClN2O3/c1-16-22(24(28)29)26-27(21-10-6-5-9-20(21)25)23(16)18-11-13-19(14-12-18)30-15-17-7-3-2-4-8-17/h2-14H,15H2,1H3,(H,28,29). The first kappa shape index (κ1) is 19.7. The zero-order valence-electron chi connectivity index (χ0n) is 16.2. The topological polar surface area (TPSA) is 64.3 Å². The summed E-state index contributed by atoms with van der Waals surface area (Å²) >= 11 is 6.36. The quantitative estimate of drug-likeness (QED) is 0.431. The van der Waals surface area contributed by atoms with Gasteiger partial charge in [-0.1, -0.05) is 54.1 Å². The van der Waals surface area contributed by atoms with Crippen LogP contribution in [0.5, 0.6) is 5.75 Å². The lowest BCUT2D eigenvalue weighted by atomic mass is 10.1. The van der Waals surface area contributed by atoms with Crippen LogP contribution in [0.25, 0.3) is 16.9 Å². The fourth-order valence-corrected chi connectivity index (χ4v) is 3.50. The monoisotopic (exact) mass is 418 g/mol. The van der Waals surface area contributed by atoms with Crippen LogP contribution in [0.15, 0.2) is 78.9 Å². The fourth-order valence-electron chi connectivity index (χ4n) is 3.29. The van der Waals surface area contributed by atoms with Gasteiger partial charge in [-0.3, -0.25) is 0 Å². The van der Waals surface area contributed by atoms with E-state index in [9.17, 15) is 9.90 Å². The molecule has 1 aromatic heterocycles. The summed E-state index contributed by atoms with van der Waals surface area (Å²) in [6, 6.07) is 24.6. The van der Waals surface area contributed by atoms with Gasteiger partial charge >= 0.3 is 5.97 Å². The number of benzene rings is 3. The molecule has 0 aliphatic heterocycles. The molecule has 0 spiro atoms. The molecule has 150 valence electrons. The van der Waals surface area contributed by atoms with E-state index in [0.717, 1.165) is 16.9 Å². The maximum atomic E-state index is 11.7. The third-order valence-electron chi connectivity index (χ3n) is 4.78. The molecule has 1 heterocycles. The number of aromatic carboxylic acids is 1. The van der Waals surface area contributed by atoms with Crippen LogP contribution >= 0.6 is 11.6 Å². The summed E-state index contributed by atoms with van der Waals surface area (Å²) in [4.78, 5) is 11.7. The van der Waals surface area contributed by atoms with E-state index in [2.05, 4.69) is 5.10 Å². The SMILES string of the molecule is Cc1c(C(=O)O)nn(-c2ccccc2Cl)c1-c1ccc(OCc2ccccc2)cc1. The van der Waals surface area contributed by atoms with Crippen LogP contribution in [0, 0.1) is 6.92 Å². The number of rotatable bonds is 6. The highest BCUT2D eigenvalue weighted by Crippen LogP contribution is 2.32. The molecule has 5 nitrogen and oxygen atoms in total. The van der Waals surface area contributed by atoms with Crippen LogP contribution in [0.1, 0.15) is 21.6 Å². The summed E-state index contributed by atoms with van der Waals surface area (Å²) in [7, 11) is 0. The van der Waals surface area contributed by atoms with Gasteiger partial charge in [0.2, 0.25) is 0 Å². The van der Waals surface area contributed by atoms with Gasteiger partial charge in [-0.25, -0.2) is 9.48 Å². The maximum absolute atomic E-state index is 11.7. The van der Waals surface area contributed by atoms with Crippen LogP contribution in [0.2, 0.25) is 5.02 Å². The van der Waals surface area contributed by atoms with Crippen molar-refractivity contribution in [2.24, 2.45) is 0 Å². The number of hydrogen-bond acceptors (Lipinski definition) is 3. The molecule has 0 unspecified atom stereocenters. The molecule has 6 heteroatoms. The van der Waals surface area contributed by atoms with Crippen molar-refractivity contribution in [2.45, 2.75) is 13.5 Å². The van der Waals surface area contributed by atoms with E-state index in [1.54, 1.807) is 23.7 Å². The van der Waals surface area contributed by atoms with Gasteiger partial charge in [-0.15, -0.1) is 0 Å². The number of aromatic nitrogens is 2. The molecule has 0 aliphatic carbocycles. The van der Waals surface area contributed by atoms with Gasteiger partial charge in [-0.2, -0.15) is 5.10 Å². The van der Waals surface area contributed by atoms with Gasteiger partial charge in [-0.05, 0) is 48.9 Å². The number of hydrogen-bond donors (Lipinski definition) is 1. The summed E-state index contributed by atoms with van der Waals surface area (Å²) < 4.78 is 7.44. The van der Waals surface area contributed by atoms with Crippen molar-refractivity contribution in [3.05, 3.63) is 101 Å². The lowest BCUT2D eigenvalue weighted by molar-refractivity contribution is 0.0689. The lowest BCUT2D eigenvalue weighted by Gasteiger charge is -2.11. The summed E-state index contributed by atoms with van der Waals surface area (Å²) in [6.45, 7) is 2.22. The number of carboxylic acids is 1. The predicted molar refractivity (Wildman–Crippen MR) is 116 cm³/mol. The maximum Gasteiger partial charge on any atom is 0.356 e. The number of carboxylic acid groups (broad SMARTS) is 1. The molecule has 3 aromatic carbocycles. The highest BCUT2D eigenvalue weighted by Gasteiger charge is 2.22. The van der Waals surface area contributed by atoms with E-state index in [1.165, 1.54) is 0 Å². The highest BCUT2D eigenvalue weighted by molar-refractivity contribution is 6.32. The molecule has 0 saturated heterocycles. The second-order valence-electron chi connectivity index (χ2n) is 6.79. The van der Waals surface area contributed by atoms with Gasteiger partial charge < -0.3 is 9.84 Å². The number of ether oxygens (including phenoxy) is 1. The van der Waals surface area contributed by atoms with Crippen molar-refractivity contribution in [1.29, 1.82) is 0 Å². The number of halogens is 1. The Kier molecular flexibility index (Phi) is 5.55. The molecule has 0 fully saturated rings. The minimum absolute atomic E-state index is 0.00526. The molecule has 4 rings (SSSR count). The van der Waals surface area contributed by atoms with Crippen LogP contribution < -0.4 is 4.74 Å². The Morgan fingerprint density at radius 2 is 1.67 bits per heavy atom. The van der Waals surface area contributed by atoms with Crippen LogP contribution in [-0.4, -0.2) is 20.9 Å². The number of nitrogens with zero attached hydrogens (tertiary/aromatic N) is 2. The van der Waals surface area contributed by atoms with E-state index in [1.807, 2.05) is 66.7 Å². The Balaban J connectivity index is 1.69. The molecule has 0 atom stereocenters. The minimum atomic E-state index is -1.08. The van der Waals surface area contributed by atoms with Gasteiger partial charge in [0.25, 0.3) is 0 Å². The van der Waals surface area contributed by atoms with Gasteiger partial charge in [0.05, 0.1) is 16.4 Å². The fraction of sp³-hybridized carbons (Fsp3) is 0.0833. The largest absolute Gasteiger partial charge is 0.489 e. The van der Waals surface area contributed by atoms with Crippen molar-refractivity contribution < 1.29 is 14.6 Å². The average Bonchev–Trinajstić information content (AvgIpc) is 3.11. The Labute approximate surface area is 179 Å². The van der Waals surface area contributed by atoms with Crippen LogP contribution in [-0.2, 0) is 6.61 Å². The van der Waals surface area contributed by atoms with Gasteiger partial charge in [0, 0.05) is 11.1 Å². The first-order valence-electron chi connectivity index (χ1n) is 9.39. The average molecular weight is 419 g/mol.